The topological polar surface area (TPSA) is 89.9 Å². The van der Waals surface area contributed by atoms with Crippen molar-refractivity contribution in [1.29, 1.82) is 0 Å². The number of benzene rings is 2. The Labute approximate surface area is 190 Å². The van der Waals surface area contributed by atoms with Crippen molar-refractivity contribution in [3.8, 4) is 5.75 Å². The van der Waals surface area contributed by atoms with Crippen LogP contribution in [-0.2, 0) is 16.1 Å². The minimum atomic E-state index is -0.863. The van der Waals surface area contributed by atoms with Gasteiger partial charge in [-0.25, -0.2) is 4.79 Å². The van der Waals surface area contributed by atoms with Crippen molar-refractivity contribution < 1.29 is 19.1 Å². The van der Waals surface area contributed by atoms with Crippen molar-refractivity contribution in [1.82, 2.24) is 10.3 Å². The molecule has 1 N–H and O–H groups in total. The number of hydrogen-bond acceptors (Lipinski definition) is 5. The molecule has 32 heavy (non-hydrogen) atoms. The number of halogens is 1. The second-order valence-electron chi connectivity index (χ2n) is 7.13. The highest BCUT2D eigenvalue weighted by Crippen LogP contribution is 2.29. The van der Waals surface area contributed by atoms with Crippen molar-refractivity contribution in [3.05, 3.63) is 95.3 Å². The average molecular weight is 450 g/mol. The number of urea groups is 1. The third kappa shape index (κ3) is 5.31. The number of carbonyl (C=O) groups excluding carboxylic acids is 2. The Kier molecular flexibility index (Phi) is 6.77. The van der Waals surface area contributed by atoms with E-state index < -0.39 is 24.0 Å². The molecule has 4 rings (SSSR count). The van der Waals surface area contributed by atoms with Crippen LogP contribution in [0.3, 0.4) is 0 Å². The number of amides is 2. The molecule has 8 heteroatoms. The van der Waals surface area contributed by atoms with Gasteiger partial charge in [0.05, 0.1) is 11.8 Å². The number of nitrogens with zero attached hydrogens (tertiary/aromatic N) is 2. The second-order valence-corrected chi connectivity index (χ2v) is 7.56. The molecule has 0 fully saturated rings. The zero-order valence-electron chi connectivity index (χ0n) is 17.0. The fourth-order valence-electron chi connectivity index (χ4n) is 3.41. The monoisotopic (exact) mass is 449 g/mol. The van der Waals surface area contributed by atoms with Gasteiger partial charge in [0.1, 0.15) is 24.9 Å². The summed E-state index contributed by atoms with van der Waals surface area (Å²) < 4.78 is 11.4. The summed E-state index contributed by atoms with van der Waals surface area (Å²) in [6.45, 7) is 0.0378. The fourth-order valence-corrected chi connectivity index (χ4v) is 3.59. The minimum absolute atomic E-state index is 0.0690. The zero-order valence-corrected chi connectivity index (χ0v) is 17.7. The van der Waals surface area contributed by atoms with E-state index in [1.165, 1.54) is 0 Å². The number of pyridine rings is 1. The maximum atomic E-state index is 13.2. The Hall–Kier alpha value is -3.71. The van der Waals surface area contributed by atoms with Gasteiger partial charge in [-0.15, -0.1) is 0 Å². The number of carbonyl (C=O) groups is 2. The summed E-state index contributed by atoms with van der Waals surface area (Å²) in [5.41, 5.74) is 1.84. The first kappa shape index (κ1) is 21.5. The minimum Gasteiger partial charge on any atom is -0.488 e. The van der Waals surface area contributed by atoms with E-state index in [9.17, 15) is 9.59 Å². The first-order valence-corrected chi connectivity index (χ1v) is 10.3. The van der Waals surface area contributed by atoms with Gasteiger partial charge in [-0.3, -0.25) is 9.78 Å². The van der Waals surface area contributed by atoms with Crippen molar-refractivity contribution in [3.63, 3.8) is 0 Å². The van der Waals surface area contributed by atoms with Crippen molar-refractivity contribution in [2.75, 3.05) is 6.61 Å². The molecule has 1 aromatic heterocycles. The Balaban J connectivity index is 1.59. The highest BCUT2D eigenvalue weighted by atomic mass is 35.5. The number of aromatic nitrogens is 1. The largest absolute Gasteiger partial charge is 0.488 e. The van der Waals surface area contributed by atoms with Crippen LogP contribution in [0.15, 0.2) is 84.1 Å². The summed E-state index contributed by atoms with van der Waals surface area (Å²) in [6, 6.07) is 18.5. The van der Waals surface area contributed by atoms with E-state index in [1.807, 2.05) is 30.3 Å². The van der Waals surface area contributed by atoms with Crippen LogP contribution in [0.1, 0.15) is 17.2 Å². The number of aliphatic imine (C=N–C) groups is 1. The molecular weight excluding hydrogens is 430 g/mol. The van der Waals surface area contributed by atoms with Gasteiger partial charge in [0.25, 0.3) is 0 Å². The lowest BCUT2D eigenvalue weighted by molar-refractivity contribution is -0.148. The molecule has 0 saturated carbocycles. The van der Waals surface area contributed by atoms with E-state index in [1.54, 1.807) is 48.8 Å². The van der Waals surface area contributed by atoms with E-state index in [0.717, 1.165) is 5.56 Å². The van der Waals surface area contributed by atoms with Crippen LogP contribution in [0.4, 0.5) is 4.79 Å². The van der Waals surface area contributed by atoms with Crippen LogP contribution >= 0.6 is 11.6 Å². The van der Waals surface area contributed by atoms with Gasteiger partial charge in [-0.2, -0.15) is 4.99 Å². The van der Waals surface area contributed by atoms with E-state index in [2.05, 4.69) is 15.3 Å². The van der Waals surface area contributed by atoms with Crippen molar-refractivity contribution in [2.24, 2.45) is 10.9 Å². The van der Waals surface area contributed by atoms with Gasteiger partial charge in [0.2, 0.25) is 0 Å². The third-order valence-electron chi connectivity index (χ3n) is 4.94. The van der Waals surface area contributed by atoms with Crippen LogP contribution in [0.25, 0.3) is 0 Å². The third-order valence-corrected chi connectivity index (χ3v) is 5.18. The molecule has 2 atom stereocenters. The molecule has 2 aromatic carbocycles. The Morgan fingerprint density at radius 3 is 2.53 bits per heavy atom. The Morgan fingerprint density at radius 2 is 1.78 bits per heavy atom. The molecule has 162 valence electrons. The summed E-state index contributed by atoms with van der Waals surface area (Å²) in [6.07, 6.45) is 3.20. The molecule has 1 aliphatic heterocycles. The second kappa shape index (κ2) is 10.1. The van der Waals surface area contributed by atoms with Crippen molar-refractivity contribution >= 4 is 29.3 Å². The predicted octanol–water partition coefficient (Wildman–Crippen LogP) is 4.38. The lowest BCUT2D eigenvalue weighted by Gasteiger charge is -2.30. The van der Waals surface area contributed by atoms with Gasteiger partial charge >= 0.3 is 12.0 Å². The summed E-state index contributed by atoms with van der Waals surface area (Å²) in [5, 5.41) is 3.28. The van der Waals surface area contributed by atoms with Crippen LogP contribution < -0.4 is 10.1 Å². The quantitative estimate of drug-likeness (QED) is 0.540. The van der Waals surface area contributed by atoms with E-state index in [0.29, 0.717) is 16.3 Å². The Bertz CT molecular complexity index is 1120. The SMILES string of the molecule is O=C1N=C(COc2cccc(Cl)c2)C(C(=O)OCc2ccccc2)C(c2ccncc2)N1. The molecule has 3 aromatic rings. The average Bonchev–Trinajstić information content (AvgIpc) is 2.82. The molecule has 7 nitrogen and oxygen atoms in total. The standard InChI is InChI=1S/C24H20ClN3O4/c25-18-7-4-8-19(13-18)31-15-20-21(23(29)32-14-16-5-2-1-3-6-16)22(28-24(30)27-20)17-9-11-26-12-10-17/h1-13,21-22H,14-15H2,(H,28,30). The lowest BCUT2D eigenvalue weighted by atomic mass is 9.88. The smallest absolute Gasteiger partial charge is 0.341 e. The molecule has 0 saturated heterocycles. The maximum Gasteiger partial charge on any atom is 0.341 e. The number of ether oxygens (including phenoxy) is 2. The highest BCUT2D eigenvalue weighted by Gasteiger charge is 2.40. The van der Waals surface area contributed by atoms with Crippen LogP contribution in [-0.4, -0.2) is 29.3 Å². The van der Waals surface area contributed by atoms with Crippen molar-refractivity contribution in [2.45, 2.75) is 12.6 Å². The molecular formula is C24H20ClN3O4. The fraction of sp³-hybridized carbons (Fsp3) is 0.167. The van der Waals surface area contributed by atoms with Gasteiger partial charge in [0.15, 0.2) is 0 Å². The summed E-state index contributed by atoms with van der Waals surface area (Å²) in [7, 11) is 0. The highest BCUT2D eigenvalue weighted by molar-refractivity contribution is 6.30. The number of nitrogens with one attached hydrogen (secondary N) is 1. The number of esters is 1. The van der Waals surface area contributed by atoms with Gasteiger partial charge < -0.3 is 14.8 Å². The normalized spacial score (nSPS) is 17.8. The zero-order chi connectivity index (χ0) is 22.3. The number of rotatable bonds is 7. The van der Waals surface area contributed by atoms with Crippen LogP contribution in [0.5, 0.6) is 5.75 Å². The Morgan fingerprint density at radius 1 is 1.00 bits per heavy atom. The summed E-state index contributed by atoms with van der Waals surface area (Å²) in [5.74, 6) is -0.870. The first-order valence-electron chi connectivity index (χ1n) is 9.97. The van der Waals surface area contributed by atoms with Crippen LogP contribution in [0, 0.1) is 5.92 Å². The predicted molar refractivity (Wildman–Crippen MR) is 120 cm³/mol. The maximum absolute atomic E-state index is 13.2. The number of hydrogen-bond donors (Lipinski definition) is 1. The molecule has 2 unspecified atom stereocenters. The van der Waals surface area contributed by atoms with E-state index in [-0.39, 0.29) is 18.9 Å². The van der Waals surface area contributed by atoms with Gasteiger partial charge in [-0.1, -0.05) is 48.0 Å². The van der Waals surface area contributed by atoms with Crippen LogP contribution in [0.2, 0.25) is 5.02 Å². The summed E-state index contributed by atoms with van der Waals surface area (Å²) >= 11 is 6.02. The molecule has 2 amide bonds. The van der Waals surface area contributed by atoms with E-state index >= 15 is 0 Å². The summed E-state index contributed by atoms with van der Waals surface area (Å²) in [4.78, 5) is 33.6. The first-order chi connectivity index (χ1) is 15.6. The lowest BCUT2D eigenvalue weighted by Crippen LogP contribution is -2.46. The molecule has 0 spiro atoms. The molecule has 2 heterocycles. The van der Waals surface area contributed by atoms with E-state index in [4.69, 9.17) is 21.1 Å². The van der Waals surface area contributed by atoms with Gasteiger partial charge in [-0.05, 0) is 41.5 Å². The molecule has 0 aliphatic carbocycles. The molecule has 1 aliphatic rings. The molecule has 0 bridgehead atoms. The van der Waals surface area contributed by atoms with Gasteiger partial charge in [0, 0.05) is 17.4 Å². The molecule has 0 radical (unpaired) electrons.